The molecule has 98 valence electrons. The van der Waals surface area contributed by atoms with Gasteiger partial charge in [-0.3, -0.25) is 0 Å². The van der Waals surface area contributed by atoms with Crippen molar-refractivity contribution in [2.24, 2.45) is 0 Å². The lowest BCUT2D eigenvalue weighted by molar-refractivity contribution is 0.0475. The van der Waals surface area contributed by atoms with Gasteiger partial charge in [-0.1, -0.05) is 25.0 Å². The molecular formula is C15H21NO2. The van der Waals surface area contributed by atoms with Crippen LogP contribution in [0.5, 0.6) is 5.75 Å². The van der Waals surface area contributed by atoms with Gasteiger partial charge in [0.05, 0.1) is 12.2 Å². The number of aliphatic hydroxyl groups is 1. The van der Waals surface area contributed by atoms with Gasteiger partial charge in [0.2, 0.25) is 0 Å². The van der Waals surface area contributed by atoms with E-state index in [0.717, 1.165) is 51.0 Å². The summed E-state index contributed by atoms with van der Waals surface area (Å²) in [7, 11) is 0. The molecule has 0 atom stereocenters. The van der Waals surface area contributed by atoms with Crippen molar-refractivity contribution in [3.8, 4) is 5.75 Å². The van der Waals surface area contributed by atoms with E-state index >= 15 is 0 Å². The molecule has 18 heavy (non-hydrogen) atoms. The second-order valence-electron chi connectivity index (χ2n) is 5.58. The third kappa shape index (κ3) is 2.52. The summed E-state index contributed by atoms with van der Waals surface area (Å²) in [5, 5.41) is 13.6. The molecule has 2 aliphatic rings. The molecule has 3 heteroatoms. The average molecular weight is 247 g/mol. The molecule has 1 heterocycles. The molecule has 0 amide bonds. The highest BCUT2D eigenvalue weighted by Crippen LogP contribution is 2.29. The van der Waals surface area contributed by atoms with Crippen LogP contribution in [-0.4, -0.2) is 23.9 Å². The molecule has 1 aromatic rings. The minimum absolute atomic E-state index is 0.458. The lowest BCUT2D eigenvalue weighted by atomic mass is 10.0. The van der Waals surface area contributed by atoms with Gasteiger partial charge in [0.15, 0.2) is 0 Å². The van der Waals surface area contributed by atoms with E-state index in [1.807, 2.05) is 0 Å². The highest BCUT2D eigenvalue weighted by atomic mass is 16.5. The van der Waals surface area contributed by atoms with E-state index in [4.69, 9.17) is 4.74 Å². The predicted molar refractivity (Wildman–Crippen MR) is 70.8 cm³/mol. The lowest BCUT2D eigenvalue weighted by Crippen LogP contribution is -2.37. The summed E-state index contributed by atoms with van der Waals surface area (Å²) in [4.78, 5) is 0. The number of ether oxygens (including phenoxy) is 1. The van der Waals surface area contributed by atoms with Gasteiger partial charge >= 0.3 is 0 Å². The van der Waals surface area contributed by atoms with Gasteiger partial charge in [0.25, 0.3) is 0 Å². The van der Waals surface area contributed by atoms with Crippen molar-refractivity contribution in [3.63, 3.8) is 0 Å². The van der Waals surface area contributed by atoms with Crippen LogP contribution in [-0.2, 0) is 13.0 Å². The summed E-state index contributed by atoms with van der Waals surface area (Å²) in [6.07, 6.45) is 5.23. The van der Waals surface area contributed by atoms with E-state index in [0.29, 0.717) is 6.54 Å². The minimum Gasteiger partial charge on any atom is -0.493 e. The van der Waals surface area contributed by atoms with Gasteiger partial charge < -0.3 is 15.2 Å². The van der Waals surface area contributed by atoms with E-state index in [-0.39, 0.29) is 0 Å². The standard InChI is InChI=1S/C15H21NO2/c17-15(6-1-2-7-15)11-16-10-12-3-4-14-13(9-12)5-8-18-14/h3-4,9,16-17H,1-2,5-8,10-11H2. The average Bonchev–Trinajstić information content (AvgIpc) is 2.97. The number of rotatable bonds is 4. The van der Waals surface area contributed by atoms with Crippen molar-refractivity contribution < 1.29 is 9.84 Å². The summed E-state index contributed by atoms with van der Waals surface area (Å²) in [6.45, 7) is 2.35. The summed E-state index contributed by atoms with van der Waals surface area (Å²) < 4.78 is 5.49. The summed E-state index contributed by atoms with van der Waals surface area (Å²) in [6, 6.07) is 6.38. The van der Waals surface area contributed by atoms with Crippen LogP contribution in [0.1, 0.15) is 36.8 Å². The Morgan fingerprint density at radius 2 is 2.11 bits per heavy atom. The Kier molecular flexibility index (Phi) is 3.27. The van der Waals surface area contributed by atoms with Gasteiger partial charge in [-0.05, 0) is 30.0 Å². The van der Waals surface area contributed by atoms with E-state index in [1.54, 1.807) is 0 Å². The maximum atomic E-state index is 10.2. The highest BCUT2D eigenvalue weighted by Gasteiger charge is 2.30. The van der Waals surface area contributed by atoms with Crippen molar-refractivity contribution in [1.82, 2.24) is 5.32 Å². The van der Waals surface area contributed by atoms with E-state index < -0.39 is 5.60 Å². The second kappa shape index (κ2) is 4.90. The Labute approximate surface area is 108 Å². The minimum atomic E-state index is -0.458. The van der Waals surface area contributed by atoms with Gasteiger partial charge in [-0.2, -0.15) is 0 Å². The van der Waals surface area contributed by atoms with Crippen molar-refractivity contribution in [1.29, 1.82) is 0 Å². The first-order valence-electron chi connectivity index (χ1n) is 6.93. The molecule has 0 saturated heterocycles. The molecule has 1 aromatic carbocycles. The van der Waals surface area contributed by atoms with Crippen LogP contribution >= 0.6 is 0 Å². The smallest absolute Gasteiger partial charge is 0.122 e. The molecule has 0 bridgehead atoms. The molecule has 0 aromatic heterocycles. The first-order valence-corrected chi connectivity index (χ1v) is 6.93. The Morgan fingerprint density at radius 3 is 2.94 bits per heavy atom. The van der Waals surface area contributed by atoms with Gasteiger partial charge in [0.1, 0.15) is 5.75 Å². The summed E-state index contributed by atoms with van der Waals surface area (Å²) in [5.74, 6) is 1.04. The molecule has 1 aliphatic heterocycles. The van der Waals surface area contributed by atoms with Crippen LogP contribution in [0.15, 0.2) is 18.2 Å². The van der Waals surface area contributed by atoms with E-state index in [1.165, 1.54) is 11.1 Å². The quantitative estimate of drug-likeness (QED) is 0.855. The Balaban J connectivity index is 1.54. The number of nitrogens with one attached hydrogen (secondary N) is 1. The fraction of sp³-hybridized carbons (Fsp3) is 0.600. The number of benzene rings is 1. The zero-order chi connectivity index (χ0) is 12.4. The van der Waals surface area contributed by atoms with Crippen molar-refractivity contribution >= 4 is 0 Å². The van der Waals surface area contributed by atoms with Gasteiger partial charge in [-0.15, -0.1) is 0 Å². The molecular weight excluding hydrogens is 226 g/mol. The zero-order valence-electron chi connectivity index (χ0n) is 10.7. The zero-order valence-corrected chi connectivity index (χ0v) is 10.7. The number of fused-ring (bicyclic) bond motifs is 1. The first-order chi connectivity index (χ1) is 8.75. The fourth-order valence-electron chi connectivity index (χ4n) is 3.00. The van der Waals surface area contributed by atoms with Crippen molar-refractivity contribution in [2.45, 2.75) is 44.2 Å². The van der Waals surface area contributed by atoms with Crippen LogP contribution in [0.2, 0.25) is 0 Å². The highest BCUT2D eigenvalue weighted by molar-refractivity contribution is 5.39. The maximum Gasteiger partial charge on any atom is 0.122 e. The SMILES string of the molecule is OC1(CNCc2ccc3c(c2)CCO3)CCCC1. The molecule has 0 spiro atoms. The molecule has 3 rings (SSSR count). The predicted octanol–water partition coefficient (Wildman–Crippen LogP) is 2.02. The van der Waals surface area contributed by atoms with Crippen molar-refractivity contribution in [2.75, 3.05) is 13.2 Å². The molecule has 1 saturated carbocycles. The first kappa shape index (κ1) is 12.0. The molecule has 0 radical (unpaired) electrons. The molecule has 3 nitrogen and oxygen atoms in total. The largest absolute Gasteiger partial charge is 0.493 e. The second-order valence-corrected chi connectivity index (χ2v) is 5.58. The van der Waals surface area contributed by atoms with Gasteiger partial charge in [-0.25, -0.2) is 0 Å². The third-order valence-electron chi connectivity index (χ3n) is 4.07. The fourth-order valence-corrected chi connectivity index (χ4v) is 3.00. The van der Waals surface area contributed by atoms with Crippen LogP contribution in [0.3, 0.4) is 0 Å². The van der Waals surface area contributed by atoms with Crippen molar-refractivity contribution in [3.05, 3.63) is 29.3 Å². The topological polar surface area (TPSA) is 41.5 Å². The summed E-state index contributed by atoms with van der Waals surface area (Å²) in [5.41, 5.74) is 2.13. The molecule has 0 unspecified atom stereocenters. The normalized spacial score (nSPS) is 20.7. The Morgan fingerprint density at radius 1 is 1.28 bits per heavy atom. The Hall–Kier alpha value is -1.06. The monoisotopic (exact) mass is 247 g/mol. The summed E-state index contributed by atoms with van der Waals surface area (Å²) >= 11 is 0. The molecule has 1 aliphatic carbocycles. The lowest BCUT2D eigenvalue weighted by Gasteiger charge is -2.22. The maximum absolute atomic E-state index is 10.2. The number of hydrogen-bond acceptors (Lipinski definition) is 3. The molecule has 1 fully saturated rings. The Bertz CT molecular complexity index is 425. The van der Waals surface area contributed by atoms with Crippen LogP contribution in [0.25, 0.3) is 0 Å². The van der Waals surface area contributed by atoms with E-state index in [2.05, 4.69) is 23.5 Å². The molecule has 2 N–H and O–H groups in total. The van der Waals surface area contributed by atoms with Crippen LogP contribution in [0.4, 0.5) is 0 Å². The van der Waals surface area contributed by atoms with Crippen LogP contribution in [0, 0.1) is 0 Å². The van der Waals surface area contributed by atoms with E-state index in [9.17, 15) is 5.11 Å². The van der Waals surface area contributed by atoms with Crippen LogP contribution < -0.4 is 10.1 Å². The third-order valence-corrected chi connectivity index (χ3v) is 4.07. The number of hydrogen-bond donors (Lipinski definition) is 2. The van der Waals surface area contributed by atoms with Gasteiger partial charge in [0, 0.05) is 19.5 Å².